The maximum atomic E-state index is 13.6. The quantitative estimate of drug-likeness (QED) is 0.788. The molecule has 0 aromatic heterocycles. The molecule has 4 N–H and O–H groups in total. The largest absolute Gasteiger partial charge is 0.507 e. The second-order valence-electron chi connectivity index (χ2n) is 4.45. The van der Waals surface area contributed by atoms with Gasteiger partial charge in [-0.2, -0.15) is 0 Å². The van der Waals surface area contributed by atoms with Crippen LogP contribution < -0.4 is 5.73 Å². The van der Waals surface area contributed by atoms with Crippen LogP contribution in [0.4, 0.5) is 4.39 Å². The Bertz CT molecular complexity index is 463. The lowest BCUT2D eigenvalue weighted by atomic mass is 9.98. The van der Waals surface area contributed by atoms with E-state index in [1.165, 1.54) is 0 Å². The number of rotatable bonds is 4. The molecule has 0 unspecified atom stereocenters. The summed E-state index contributed by atoms with van der Waals surface area (Å²) in [6, 6.07) is 1.42. The number of aromatic carboxylic acids is 1. The lowest BCUT2D eigenvalue weighted by molar-refractivity contribution is 0.0693. The first kappa shape index (κ1) is 14.7. The van der Waals surface area contributed by atoms with Gasteiger partial charge in [-0.15, -0.1) is 12.4 Å². The van der Waals surface area contributed by atoms with Crippen LogP contribution in [0.25, 0.3) is 0 Å². The molecule has 1 aliphatic rings. The fraction of sp³-hybridized carbons (Fsp3) is 0.417. The number of hydrogen-bond donors (Lipinski definition) is 3. The van der Waals surface area contributed by atoms with Gasteiger partial charge in [0, 0.05) is 11.6 Å². The number of carbonyl (C=O) groups is 1. The maximum Gasteiger partial charge on any atom is 0.339 e. The molecule has 1 atom stereocenters. The smallest absolute Gasteiger partial charge is 0.339 e. The zero-order valence-corrected chi connectivity index (χ0v) is 10.4. The van der Waals surface area contributed by atoms with Crippen LogP contribution in [0.1, 0.15) is 41.2 Å². The molecule has 1 aliphatic carbocycles. The number of carboxylic acids is 1. The third-order valence-corrected chi connectivity index (χ3v) is 3.05. The second-order valence-corrected chi connectivity index (χ2v) is 4.45. The average molecular weight is 276 g/mol. The Balaban J connectivity index is 0.00000162. The molecule has 0 amide bonds. The van der Waals surface area contributed by atoms with E-state index in [-0.39, 0.29) is 23.5 Å². The molecule has 100 valence electrons. The Hall–Kier alpha value is -1.33. The predicted octanol–water partition coefficient (Wildman–Crippen LogP) is 2.45. The van der Waals surface area contributed by atoms with E-state index in [4.69, 9.17) is 10.8 Å². The number of halogens is 2. The van der Waals surface area contributed by atoms with Gasteiger partial charge in [-0.1, -0.05) is 12.8 Å². The van der Waals surface area contributed by atoms with Crippen molar-refractivity contribution in [3.63, 3.8) is 0 Å². The second kappa shape index (κ2) is 5.54. The van der Waals surface area contributed by atoms with Crippen molar-refractivity contribution in [3.05, 3.63) is 29.1 Å². The van der Waals surface area contributed by atoms with Crippen LogP contribution in [0.15, 0.2) is 12.1 Å². The molecule has 0 heterocycles. The molecule has 1 aromatic rings. The van der Waals surface area contributed by atoms with Gasteiger partial charge >= 0.3 is 5.97 Å². The van der Waals surface area contributed by atoms with Crippen LogP contribution >= 0.6 is 12.4 Å². The highest BCUT2D eigenvalue weighted by Crippen LogP contribution is 2.40. The highest BCUT2D eigenvalue weighted by Gasteiger charge is 2.28. The first-order chi connectivity index (χ1) is 8.00. The van der Waals surface area contributed by atoms with Crippen LogP contribution in [0.2, 0.25) is 0 Å². The maximum absolute atomic E-state index is 13.6. The van der Waals surface area contributed by atoms with Gasteiger partial charge in [0.15, 0.2) is 0 Å². The molecule has 0 saturated heterocycles. The minimum Gasteiger partial charge on any atom is -0.507 e. The van der Waals surface area contributed by atoms with Gasteiger partial charge in [0.2, 0.25) is 0 Å². The van der Waals surface area contributed by atoms with Gasteiger partial charge in [-0.25, -0.2) is 9.18 Å². The normalized spacial score (nSPS) is 15.9. The molecule has 0 aliphatic heterocycles. The highest BCUT2D eigenvalue weighted by molar-refractivity contribution is 5.91. The number of carboxylic acid groups (broad SMARTS) is 1. The van der Waals surface area contributed by atoms with E-state index in [2.05, 4.69) is 0 Å². The molecule has 1 aromatic carbocycles. The van der Waals surface area contributed by atoms with Crippen molar-refractivity contribution in [1.82, 2.24) is 0 Å². The summed E-state index contributed by atoms with van der Waals surface area (Å²) in [5.74, 6) is -2.02. The molecule has 1 saturated carbocycles. The van der Waals surface area contributed by atoms with E-state index in [1.807, 2.05) is 0 Å². The van der Waals surface area contributed by atoms with Crippen LogP contribution in [0.5, 0.6) is 5.75 Å². The number of benzene rings is 1. The fourth-order valence-electron chi connectivity index (χ4n) is 1.94. The lowest BCUT2D eigenvalue weighted by Gasteiger charge is -2.15. The average Bonchev–Trinajstić information content (AvgIpc) is 3.00. The minimum absolute atomic E-state index is 0. The van der Waals surface area contributed by atoms with Crippen molar-refractivity contribution in [2.75, 3.05) is 0 Å². The Labute approximate surface area is 110 Å². The number of hydrogen-bond acceptors (Lipinski definition) is 3. The monoisotopic (exact) mass is 275 g/mol. The van der Waals surface area contributed by atoms with Crippen molar-refractivity contribution in [3.8, 4) is 5.75 Å². The van der Waals surface area contributed by atoms with Gasteiger partial charge in [-0.3, -0.25) is 0 Å². The zero-order chi connectivity index (χ0) is 12.6. The van der Waals surface area contributed by atoms with Crippen molar-refractivity contribution in [1.29, 1.82) is 0 Å². The summed E-state index contributed by atoms with van der Waals surface area (Å²) in [6.45, 7) is 0. The summed E-state index contributed by atoms with van der Waals surface area (Å²) in [6.07, 6.45) is 2.71. The zero-order valence-electron chi connectivity index (χ0n) is 9.60. The molecule has 1 fully saturated rings. The third kappa shape index (κ3) is 2.91. The van der Waals surface area contributed by atoms with Gasteiger partial charge in [-0.05, 0) is 24.5 Å². The lowest BCUT2D eigenvalue weighted by Crippen LogP contribution is -2.14. The fourth-order valence-corrected chi connectivity index (χ4v) is 1.94. The number of phenols is 1. The van der Waals surface area contributed by atoms with E-state index in [9.17, 15) is 14.3 Å². The SMILES string of the molecule is Cl.N[C@H](CC1CC1)c1c(F)ccc(C(=O)O)c1O. The summed E-state index contributed by atoms with van der Waals surface area (Å²) in [5, 5.41) is 18.6. The van der Waals surface area contributed by atoms with Crippen LogP contribution in [-0.2, 0) is 0 Å². The van der Waals surface area contributed by atoms with Crippen molar-refractivity contribution in [2.45, 2.75) is 25.3 Å². The molecular weight excluding hydrogens is 261 g/mol. The third-order valence-electron chi connectivity index (χ3n) is 3.05. The molecule has 6 heteroatoms. The van der Waals surface area contributed by atoms with E-state index in [0.717, 1.165) is 25.0 Å². The van der Waals surface area contributed by atoms with Crippen molar-refractivity contribution in [2.24, 2.45) is 11.7 Å². The molecule has 0 spiro atoms. The highest BCUT2D eigenvalue weighted by atomic mass is 35.5. The molecular formula is C12H15ClFNO3. The van der Waals surface area contributed by atoms with Crippen LogP contribution in [0, 0.1) is 11.7 Å². The van der Waals surface area contributed by atoms with Crippen molar-refractivity contribution < 1.29 is 19.4 Å². The van der Waals surface area contributed by atoms with Gasteiger partial charge in [0.1, 0.15) is 17.1 Å². The van der Waals surface area contributed by atoms with Crippen molar-refractivity contribution >= 4 is 18.4 Å². The molecule has 0 radical (unpaired) electrons. The summed E-state index contributed by atoms with van der Waals surface area (Å²) >= 11 is 0. The summed E-state index contributed by atoms with van der Waals surface area (Å²) < 4.78 is 13.6. The Morgan fingerprint density at radius 1 is 1.50 bits per heavy atom. The Morgan fingerprint density at radius 3 is 2.61 bits per heavy atom. The van der Waals surface area contributed by atoms with Gasteiger partial charge < -0.3 is 15.9 Å². The topological polar surface area (TPSA) is 83.6 Å². The van der Waals surface area contributed by atoms with E-state index in [0.29, 0.717) is 12.3 Å². The minimum atomic E-state index is -1.29. The van der Waals surface area contributed by atoms with Gasteiger partial charge in [0.05, 0.1) is 0 Å². The Morgan fingerprint density at radius 2 is 2.11 bits per heavy atom. The molecule has 2 rings (SSSR count). The van der Waals surface area contributed by atoms with Crippen LogP contribution in [-0.4, -0.2) is 16.2 Å². The summed E-state index contributed by atoms with van der Waals surface area (Å²) in [4.78, 5) is 10.8. The predicted molar refractivity (Wildman–Crippen MR) is 66.5 cm³/mol. The molecule has 18 heavy (non-hydrogen) atoms. The molecule has 4 nitrogen and oxygen atoms in total. The first-order valence-corrected chi connectivity index (χ1v) is 5.51. The summed E-state index contributed by atoms with van der Waals surface area (Å²) in [7, 11) is 0. The number of nitrogens with two attached hydrogens (primary N) is 1. The van der Waals surface area contributed by atoms with Gasteiger partial charge in [0.25, 0.3) is 0 Å². The summed E-state index contributed by atoms with van der Waals surface area (Å²) in [5.41, 5.74) is 5.42. The Kier molecular flexibility index (Phi) is 4.53. The standard InChI is InChI=1S/C12H14FNO3.ClH/c13-8-4-3-7(12(16)17)11(15)10(8)9(14)5-6-1-2-6;/h3-4,6,9,15H,1-2,5,14H2,(H,16,17);1H/t9-;/m1./s1. The van der Waals surface area contributed by atoms with Crippen LogP contribution in [0.3, 0.4) is 0 Å². The molecule has 0 bridgehead atoms. The van der Waals surface area contributed by atoms with E-state index in [1.54, 1.807) is 0 Å². The number of aromatic hydroxyl groups is 1. The van der Waals surface area contributed by atoms with E-state index < -0.39 is 23.6 Å². The first-order valence-electron chi connectivity index (χ1n) is 5.51. The van der Waals surface area contributed by atoms with E-state index >= 15 is 0 Å².